The number of benzene rings is 14. The van der Waals surface area contributed by atoms with Crippen LogP contribution >= 0.6 is 0 Å². The molecule has 2 heteroatoms. The molecule has 0 saturated heterocycles. The Bertz CT molecular complexity index is 5640. The first-order chi connectivity index (χ1) is 52.0. The maximum Gasteiger partial charge on any atom is 0.0465 e. The van der Waals surface area contributed by atoms with Gasteiger partial charge in [-0.15, -0.1) is 0 Å². The fourth-order valence-electron chi connectivity index (χ4n) is 20.1. The Labute approximate surface area is 637 Å². The topological polar surface area (TPSA) is 6.48 Å². The standard InChI is InChI=1S/C106H88N2/c1-101(2)89-25-17-13-21-77(89)83-51-43-71(59-95(83)101)107(72-44-52-84-78-22-14-18-26-90(78)102(3,4)96(84)60-72)75-47-55-87-81-49-37-67(57-93(81)105(9,10)99(87)63-75)31-29-65-33-39-69(40-34-65)70-41-35-66(36-42-70)30-32-68-38-50-82-88-56-48-76(64-100(88)106(11,12)94(82)58-68)108(73-45-53-85-79-23-15-19-27-91(79)103(5,6)97(85)61-73)74-46-54-86-80-24-16-20-28-92(80)104(7,8)98(86)62-74/h13-64H,1-12H3/b31-29+,32-30+. The average Bonchev–Trinajstić information content (AvgIpc) is 1.56. The number of rotatable bonds is 11. The predicted molar refractivity (Wildman–Crippen MR) is 457 cm³/mol. The van der Waals surface area contributed by atoms with E-state index in [2.05, 4.69) is 408 Å². The van der Waals surface area contributed by atoms with Crippen molar-refractivity contribution in [1.82, 2.24) is 0 Å². The molecule has 522 valence electrons. The second-order valence-corrected chi connectivity index (χ2v) is 34.5. The summed E-state index contributed by atoms with van der Waals surface area (Å²) in [4.78, 5) is 5.04. The third kappa shape index (κ3) is 9.71. The first-order valence-electron chi connectivity index (χ1n) is 38.8. The van der Waals surface area contributed by atoms with Crippen molar-refractivity contribution in [3.8, 4) is 77.9 Å². The molecule has 0 aromatic heterocycles. The van der Waals surface area contributed by atoms with Crippen molar-refractivity contribution in [2.75, 3.05) is 9.80 Å². The van der Waals surface area contributed by atoms with Crippen LogP contribution in [0.15, 0.2) is 291 Å². The quantitative estimate of drug-likeness (QED) is 0.119. The van der Waals surface area contributed by atoms with Gasteiger partial charge < -0.3 is 9.80 Å². The van der Waals surface area contributed by atoms with Crippen LogP contribution in [-0.2, 0) is 32.5 Å². The van der Waals surface area contributed by atoms with E-state index in [-0.39, 0.29) is 32.5 Å². The third-order valence-corrected chi connectivity index (χ3v) is 26.3. The lowest BCUT2D eigenvalue weighted by Gasteiger charge is -2.31. The van der Waals surface area contributed by atoms with Crippen LogP contribution in [0.2, 0.25) is 0 Å². The molecule has 0 heterocycles. The Kier molecular flexibility index (Phi) is 14.2. The first-order valence-corrected chi connectivity index (χ1v) is 38.8. The van der Waals surface area contributed by atoms with Crippen LogP contribution in [0.5, 0.6) is 0 Å². The van der Waals surface area contributed by atoms with Crippen LogP contribution in [0.25, 0.3) is 102 Å². The van der Waals surface area contributed by atoms with E-state index >= 15 is 0 Å². The molecule has 2 nitrogen and oxygen atoms in total. The highest BCUT2D eigenvalue weighted by Gasteiger charge is 2.43. The minimum absolute atomic E-state index is 0.129. The normalized spacial score (nSPS) is 16.1. The summed E-state index contributed by atoms with van der Waals surface area (Å²) in [7, 11) is 0. The third-order valence-electron chi connectivity index (χ3n) is 26.3. The Balaban J connectivity index is 0.538. The number of fused-ring (bicyclic) bond motifs is 18. The maximum atomic E-state index is 2.52. The van der Waals surface area contributed by atoms with Crippen molar-refractivity contribution in [3.63, 3.8) is 0 Å². The molecule has 108 heavy (non-hydrogen) atoms. The fraction of sp³-hybridized carbons (Fsp3) is 0.170. The summed E-state index contributed by atoms with van der Waals surface area (Å²) >= 11 is 0. The molecule has 0 unspecified atom stereocenters. The summed E-state index contributed by atoms with van der Waals surface area (Å²) in [5.74, 6) is 0. The maximum absolute atomic E-state index is 2.52. The van der Waals surface area contributed by atoms with E-state index < -0.39 is 0 Å². The minimum atomic E-state index is -0.233. The second-order valence-electron chi connectivity index (χ2n) is 34.5. The van der Waals surface area contributed by atoms with Gasteiger partial charge in [0.1, 0.15) is 0 Å². The minimum Gasteiger partial charge on any atom is -0.310 e. The van der Waals surface area contributed by atoms with Gasteiger partial charge in [0.2, 0.25) is 0 Å². The van der Waals surface area contributed by atoms with Crippen molar-refractivity contribution in [3.05, 3.63) is 380 Å². The largest absolute Gasteiger partial charge is 0.310 e. The van der Waals surface area contributed by atoms with Crippen LogP contribution in [0.4, 0.5) is 34.1 Å². The Morgan fingerprint density at radius 3 is 0.583 bits per heavy atom. The van der Waals surface area contributed by atoms with Crippen molar-refractivity contribution in [2.24, 2.45) is 0 Å². The van der Waals surface area contributed by atoms with Gasteiger partial charge in [0.25, 0.3) is 0 Å². The van der Waals surface area contributed by atoms with E-state index in [9.17, 15) is 0 Å². The summed E-state index contributed by atoms with van der Waals surface area (Å²) in [5, 5.41) is 0. The van der Waals surface area contributed by atoms with E-state index in [1.54, 1.807) is 0 Å². The van der Waals surface area contributed by atoms with Crippen LogP contribution in [0.3, 0.4) is 0 Å². The molecule has 6 aliphatic rings. The molecule has 0 saturated carbocycles. The molecule has 0 amide bonds. The number of anilines is 6. The molecule has 0 N–H and O–H groups in total. The van der Waals surface area contributed by atoms with Gasteiger partial charge in [0.15, 0.2) is 0 Å². The molecule has 0 spiro atoms. The molecule has 14 aromatic rings. The Morgan fingerprint density at radius 1 is 0.167 bits per heavy atom. The van der Waals surface area contributed by atoms with E-state index in [0.717, 1.165) is 0 Å². The predicted octanol–water partition coefficient (Wildman–Crippen LogP) is 28.5. The Morgan fingerprint density at radius 2 is 0.343 bits per heavy atom. The van der Waals surface area contributed by atoms with Gasteiger partial charge in [-0.05, 0) is 240 Å². The van der Waals surface area contributed by atoms with Gasteiger partial charge in [-0.1, -0.05) is 326 Å². The number of nitrogens with zero attached hydrogens (tertiary/aromatic N) is 2. The highest BCUT2D eigenvalue weighted by Crippen LogP contribution is 2.59. The zero-order chi connectivity index (χ0) is 73.7. The summed E-state index contributed by atoms with van der Waals surface area (Å²) in [5.41, 5.74) is 45.5. The molecule has 0 radical (unpaired) electrons. The van der Waals surface area contributed by atoms with Crippen LogP contribution < -0.4 is 9.80 Å². The van der Waals surface area contributed by atoms with Gasteiger partial charge in [-0.25, -0.2) is 0 Å². The Hall–Kier alpha value is -11.8. The fourth-order valence-corrected chi connectivity index (χ4v) is 20.1. The van der Waals surface area contributed by atoms with Gasteiger partial charge in [0, 0.05) is 66.6 Å². The first kappa shape index (κ1) is 65.7. The van der Waals surface area contributed by atoms with Gasteiger partial charge in [-0.3, -0.25) is 0 Å². The van der Waals surface area contributed by atoms with Crippen molar-refractivity contribution in [2.45, 2.75) is 116 Å². The van der Waals surface area contributed by atoms with Gasteiger partial charge >= 0.3 is 0 Å². The molecule has 6 aliphatic carbocycles. The zero-order valence-electron chi connectivity index (χ0n) is 63.9. The van der Waals surface area contributed by atoms with Crippen LogP contribution in [0, 0.1) is 0 Å². The molecule has 0 bridgehead atoms. The van der Waals surface area contributed by atoms with E-state index in [0.29, 0.717) is 0 Å². The molecular weight excluding hydrogens is 1300 g/mol. The highest BCUT2D eigenvalue weighted by molar-refractivity contribution is 5.95. The number of hydrogen-bond donors (Lipinski definition) is 0. The van der Waals surface area contributed by atoms with Gasteiger partial charge in [-0.2, -0.15) is 0 Å². The number of hydrogen-bond acceptors (Lipinski definition) is 2. The van der Waals surface area contributed by atoms with Crippen molar-refractivity contribution in [1.29, 1.82) is 0 Å². The molecular formula is C106H88N2. The van der Waals surface area contributed by atoms with Gasteiger partial charge in [0.05, 0.1) is 0 Å². The second kappa shape index (κ2) is 23.3. The summed E-state index contributed by atoms with van der Waals surface area (Å²) in [6.07, 6.45) is 9.07. The van der Waals surface area contributed by atoms with Crippen molar-refractivity contribution >= 4 is 58.4 Å². The van der Waals surface area contributed by atoms with E-state index in [1.807, 2.05) is 0 Å². The van der Waals surface area contributed by atoms with E-state index in [4.69, 9.17) is 0 Å². The monoisotopic (exact) mass is 1390 g/mol. The highest BCUT2D eigenvalue weighted by atomic mass is 15.1. The lowest BCUT2D eigenvalue weighted by Crippen LogP contribution is -2.19. The van der Waals surface area contributed by atoms with Crippen molar-refractivity contribution < 1.29 is 0 Å². The van der Waals surface area contributed by atoms with Crippen LogP contribution in [0.1, 0.15) is 172 Å². The van der Waals surface area contributed by atoms with E-state index in [1.165, 1.54) is 201 Å². The lowest BCUT2D eigenvalue weighted by molar-refractivity contribution is 0.659. The molecule has 20 rings (SSSR count). The summed E-state index contributed by atoms with van der Waals surface area (Å²) < 4.78 is 0. The zero-order valence-corrected chi connectivity index (χ0v) is 63.9. The SMILES string of the molecule is CC1(C)c2ccccc2-c2ccc(N(c3ccc4c(c3)C(C)(C)c3ccccc3-4)c3ccc4c(c3)C(C)(C)c3cc(/C=C/c5ccc(-c6ccc(/C=C/c7ccc8c(c7)C(C)(C)c7cc(N(c9ccc%10c(c9)C(C)(C)c9ccccc9-%10)c9ccc%10c(c9)C(C)(C)c9ccccc9-%10)ccc7-8)cc6)cc5)ccc3-4)cc21. The molecule has 0 atom stereocenters. The molecule has 0 fully saturated rings. The smallest absolute Gasteiger partial charge is 0.0465 e. The van der Waals surface area contributed by atoms with Crippen LogP contribution in [-0.4, -0.2) is 0 Å². The summed E-state index contributed by atoms with van der Waals surface area (Å²) in [6, 6.07) is 111. The average molecular weight is 1390 g/mol. The molecule has 0 aliphatic heterocycles. The molecule has 14 aromatic carbocycles. The summed E-state index contributed by atoms with van der Waals surface area (Å²) in [6.45, 7) is 28.7. The lowest BCUT2D eigenvalue weighted by atomic mass is 9.81.